The second-order valence-electron chi connectivity index (χ2n) is 8.68. The molecular weight excluding hydrogens is 422 g/mol. The van der Waals surface area contributed by atoms with Crippen molar-refractivity contribution in [3.8, 4) is 0 Å². The van der Waals surface area contributed by atoms with Gasteiger partial charge < -0.3 is 20.1 Å². The van der Waals surface area contributed by atoms with Crippen LogP contribution in [-0.4, -0.2) is 112 Å². The Kier molecular flexibility index (Phi) is 11.1. The van der Waals surface area contributed by atoms with Gasteiger partial charge in [0.15, 0.2) is 0 Å². The van der Waals surface area contributed by atoms with Crippen LogP contribution in [-0.2, 0) is 32.2 Å². The molecule has 0 spiro atoms. The number of morpholine rings is 1. The molecule has 3 rings (SSSR count). The van der Waals surface area contributed by atoms with Gasteiger partial charge in [-0.1, -0.05) is 24.3 Å². The Morgan fingerprint density at radius 3 is 2.12 bits per heavy atom. The van der Waals surface area contributed by atoms with Crippen molar-refractivity contribution in [3.63, 3.8) is 0 Å². The first-order chi connectivity index (χ1) is 16.1. The van der Waals surface area contributed by atoms with Crippen LogP contribution in [0.15, 0.2) is 24.3 Å². The first kappa shape index (κ1) is 25.6. The smallest absolute Gasteiger partial charge is 0.234 e. The molecule has 2 fully saturated rings. The minimum Gasteiger partial charge on any atom is -0.385 e. The van der Waals surface area contributed by atoms with Crippen molar-refractivity contribution < 1.29 is 19.1 Å². The molecule has 0 aliphatic carbocycles. The molecule has 1 aromatic rings. The van der Waals surface area contributed by atoms with E-state index in [4.69, 9.17) is 9.47 Å². The number of piperazine rings is 1. The zero-order valence-corrected chi connectivity index (χ0v) is 19.9. The topological polar surface area (TPSA) is 86.4 Å². The molecular formula is C24H39N5O4. The zero-order chi connectivity index (χ0) is 23.3. The van der Waals surface area contributed by atoms with E-state index < -0.39 is 0 Å². The average molecular weight is 462 g/mol. The summed E-state index contributed by atoms with van der Waals surface area (Å²) in [6.07, 6.45) is 0.822. The van der Waals surface area contributed by atoms with Gasteiger partial charge in [0.05, 0.1) is 26.3 Å². The van der Waals surface area contributed by atoms with Gasteiger partial charge in [-0.05, 0) is 17.5 Å². The molecule has 2 aliphatic rings. The summed E-state index contributed by atoms with van der Waals surface area (Å²) in [5, 5.41) is 6.01. The van der Waals surface area contributed by atoms with Gasteiger partial charge >= 0.3 is 0 Å². The normalized spacial score (nSPS) is 18.2. The number of benzene rings is 1. The lowest BCUT2D eigenvalue weighted by Crippen LogP contribution is -2.51. The summed E-state index contributed by atoms with van der Waals surface area (Å²) in [4.78, 5) is 31.3. The number of ether oxygens (including phenoxy) is 2. The third-order valence-corrected chi connectivity index (χ3v) is 6.14. The summed E-state index contributed by atoms with van der Waals surface area (Å²) >= 11 is 0. The van der Waals surface area contributed by atoms with Gasteiger partial charge in [0, 0.05) is 72.6 Å². The molecule has 0 atom stereocenters. The first-order valence-corrected chi connectivity index (χ1v) is 12.0. The van der Waals surface area contributed by atoms with Crippen LogP contribution in [0.3, 0.4) is 0 Å². The summed E-state index contributed by atoms with van der Waals surface area (Å²) in [6.45, 7) is 10.2. The first-order valence-electron chi connectivity index (χ1n) is 12.0. The number of hydrogen-bond donors (Lipinski definition) is 2. The summed E-state index contributed by atoms with van der Waals surface area (Å²) in [7, 11) is 1.66. The lowest BCUT2D eigenvalue weighted by atomic mass is 10.1. The second kappa shape index (κ2) is 14.3. The van der Waals surface area contributed by atoms with E-state index in [1.165, 1.54) is 11.1 Å². The molecule has 9 nitrogen and oxygen atoms in total. The Balaban J connectivity index is 1.34. The van der Waals surface area contributed by atoms with Crippen molar-refractivity contribution in [1.29, 1.82) is 0 Å². The molecule has 2 aliphatic heterocycles. The van der Waals surface area contributed by atoms with Crippen molar-refractivity contribution in [2.45, 2.75) is 19.5 Å². The number of carbonyl (C=O) groups is 2. The molecule has 1 aromatic carbocycles. The molecule has 2 N–H and O–H groups in total. The second-order valence-corrected chi connectivity index (χ2v) is 8.68. The molecule has 0 saturated carbocycles. The average Bonchev–Trinajstić information content (AvgIpc) is 2.83. The Morgan fingerprint density at radius 2 is 1.48 bits per heavy atom. The lowest BCUT2D eigenvalue weighted by molar-refractivity contribution is -0.125. The van der Waals surface area contributed by atoms with Gasteiger partial charge in [-0.3, -0.25) is 24.3 Å². The molecule has 33 heavy (non-hydrogen) atoms. The fraction of sp³-hybridized carbons (Fsp3) is 0.667. The van der Waals surface area contributed by atoms with Crippen molar-refractivity contribution >= 4 is 11.8 Å². The van der Waals surface area contributed by atoms with Gasteiger partial charge in [-0.15, -0.1) is 0 Å². The lowest BCUT2D eigenvalue weighted by Gasteiger charge is -2.33. The van der Waals surface area contributed by atoms with Gasteiger partial charge in [0.25, 0.3) is 0 Å². The fourth-order valence-electron chi connectivity index (χ4n) is 4.15. The highest BCUT2D eigenvalue weighted by Gasteiger charge is 2.20. The molecule has 2 heterocycles. The Morgan fingerprint density at radius 1 is 0.879 bits per heavy atom. The number of nitrogens with one attached hydrogen (secondary N) is 2. The van der Waals surface area contributed by atoms with E-state index in [-0.39, 0.29) is 11.8 Å². The molecule has 0 unspecified atom stereocenters. The van der Waals surface area contributed by atoms with E-state index in [9.17, 15) is 9.59 Å². The van der Waals surface area contributed by atoms with Crippen LogP contribution in [0.2, 0.25) is 0 Å². The number of nitrogens with zero attached hydrogens (tertiary/aromatic N) is 3. The van der Waals surface area contributed by atoms with Crippen LogP contribution in [0, 0.1) is 0 Å². The van der Waals surface area contributed by atoms with E-state index in [0.717, 1.165) is 65.4 Å². The molecule has 2 saturated heterocycles. The van der Waals surface area contributed by atoms with Crippen LogP contribution >= 0.6 is 0 Å². The number of amides is 2. The van der Waals surface area contributed by atoms with Gasteiger partial charge in [-0.25, -0.2) is 0 Å². The highest BCUT2D eigenvalue weighted by atomic mass is 16.5. The third-order valence-electron chi connectivity index (χ3n) is 6.14. The molecule has 0 aromatic heterocycles. The minimum atomic E-state index is 0.0421. The standard InChI is InChI=1S/C24H39N5O4/c1-32-14-4-7-25-23(30)19-27-8-10-28(11-9-27)20-24(31)26-17-21-5-2-3-6-22(21)18-29-12-15-33-16-13-29/h2-3,5-6H,4,7-20H2,1H3,(H,25,30)(H,26,31). The Bertz CT molecular complexity index is 733. The quantitative estimate of drug-likeness (QED) is 0.421. The number of rotatable bonds is 12. The van der Waals surface area contributed by atoms with E-state index in [2.05, 4.69) is 43.5 Å². The van der Waals surface area contributed by atoms with Gasteiger partial charge in [-0.2, -0.15) is 0 Å². The van der Waals surface area contributed by atoms with E-state index in [1.807, 2.05) is 6.07 Å². The minimum absolute atomic E-state index is 0.0421. The molecule has 184 valence electrons. The van der Waals surface area contributed by atoms with Gasteiger partial charge in [0.1, 0.15) is 0 Å². The largest absolute Gasteiger partial charge is 0.385 e. The molecule has 0 radical (unpaired) electrons. The van der Waals surface area contributed by atoms with Crippen LogP contribution in [0.1, 0.15) is 17.5 Å². The molecule has 0 bridgehead atoms. The van der Waals surface area contributed by atoms with Crippen LogP contribution < -0.4 is 10.6 Å². The summed E-state index contributed by atoms with van der Waals surface area (Å²) < 4.78 is 10.4. The zero-order valence-electron chi connectivity index (χ0n) is 19.9. The van der Waals surface area contributed by atoms with Crippen LogP contribution in [0.5, 0.6) is 0 Å². The summed E-state index contributed by atoms with van der Waals surface area (Å²) in [5.74, 6) is 0.0913. The van der Waals surface area contributed by atoms with Crippen molar-refractivity contribution in [3.05, 3.63) is 35.4 Å². The number of hydrogen-bond acceptors (Lipinski definition) is 7. The van der Waals surface area contributed by atoms with Crippen molar-refractivity contribution in [2.75, 3.05) is 85.8 Å². The maximum Gasteiger partial charge on any atom is 0.234 e. The highest BCUT2D eigenvalue weighted by molar-refractivity contribution is 5.78. The monoisotopic (exact) mass is 461 g/mol. The van der Waals surface area contributed by atoms with Crippen molar-refractivity contribution in [2.24, 2.45) is 0 Å². The maximum atomic E-state index is 12.5. The predicted molar refractivity (Wildman–Crippen MR) is 127 cm³/mol. The Labute approximate surface area is 197 Å². The third kappa shape index (κ3) is 9.38. The van der Waals surface area contributed by atoms with Crippen molar-refractivity contribution in [1.82, 2.24) is 25.3 Å². The SMILES string of the molecule is COCCCNC(=O)CN1CCN(CC(=O)NCc2ccccc2CN2CCOCC2)CC1. The number of methoxy groups -OCH3 is 1. The van der Waals surface area contributed by atoms with E-state index in [1.54, 1.807) is 7.11 Å². The van der Waals surface area contributed by atoms with Crippen LogP contribution in [0.25, 0.3) is 0 Å². The highest BCUT2D eigenvalue weighted by Crippen LogP contribution is 2.13. The molecule has 2 amide bonds. The Hall–Kier alpha value is -2.04. The maximum absolute atomic E-state index is 12.5. The van der Waals surface area contributed by atoms with Gasteiger partial charge in [0.2, 0.25) is 11.8 Å². The van der Waals surface area contributed by atoms with E-state index in [0.29, 0.717) is 32.8 Å². The van der Waals surface area contributed by atoms with Crippen LogP contribution in [0.4, 0.5) is 0 Å². The predicted octanol–water partition coefficient (Wildman–Crippen LogP) is -0.0947. The molecule has 9 heteroatoms. The summed E-state index contributed by atoms with van der Waals surface area (Å²) in [6, 6.07) is 8.32. The fourth-order valence-corrected chi connectivity index (χ4v) is 4.15. The van der Waals surface area contributed by atoms with E-state index >= 15 is 0 Å². The summed E-state index contributed by atoms with van der Waals surface area (Å²) in [5.41, 5.74) is 2.42. The number of carbonyl (C=O) groups excluding carboxylic acids is 2.